The van der Waals surface area contributed by atoms with Crippen molar-refractivity contribution in [2.45, 2.75) is 6.04 Å². The van der Waals surface area contributed by atoms with Crippen LogP contribution < -0.4 is 5.73 Å². The van der Waals surface area contributed by atoms with Crippen LogP contribution in [0.25, 0.3) is 0 Å². The van der Waals surface area contributed by atoms with Crippen molar-refractivity contribution in [1.82, 2.24) is 14.8 Å². The lowest BCUT2D eigenvalue weighted by molar-refractivity contribution is -0.384. The topological polar surface area (TPSA) is 126 Å². The maximum Gasteiger partial charge on any atom is 0.287 e. The van der Waals surface area contributed by atoms with E-state index in [1.165, 1.54) is 12.3 Å². The third-order valence-electron chi connectivity index (χ3n) is 4.46. The summed E-state index contributed by atoms with van der Waals surface area (Å²) in [6, 6.07) is 9.96. The van der Waals surface area contributed by atoms with Crippen LogP contribution in [0.3, 0.4) is 0 Å². The van der Waals surface area contributed by atoms with E-state index < -0.39 is 16.9 Å². The van der Waals surface area contributed by atoms with E-state index in [1.807, 2.05) is 35.2 Å². The summed E-state index contributed by atoms with van der Waals surface area (Å²) in [5.74, 6) is -0.732. The lowest BCUT2D eigenvalue weighted by Gasteiger charge is -2.38. The van der Waals surface area contributed by atoms with Gasteiger partial charge in [-0.3, -0.25) is 24.6 Å². The average Bonchev–Trinajstić information content (AvgIpc) is 3.13. The first-order chi connectivity index (χ1) is 12.5. The van der Waals surface area contributed by atoms with Crippen LogP contribution in [0.1, 0.15) is 22.1 Å². The Morgan fingerprint density at radius 3 is 2.35 bits per heavy atom. The van der Waals surface area contributed by atoms with E-state index in [0.717, 1.165) is 5.56 Å². The van der Waals surface area contributed by atoms with Crippen molar-refractivity contribution < 1.29 is 14.5 Å². The third-order valence-corrected chi connectivity index (χ3v) is 4.46. The molecular formula is C17H19N5O4. The predicted octanol–water partition coefficient (Wildman–Crippen LogP) is 0.907. The molecule has 1 atom stereocenters. The van der Waals surface area contributed by atoms with Crippen molar-refractivity contribution in [2.24, 2.45) is 5.73 Å². The molecule has 0 spiro atoms. The van der Waals surface area contributed by atoms with Crippen molar-refractivity contribution >= 4 is 17.5 Å². The summed E-state index contributed by atoms with van der Waals surface area (Å²) in [5, 5.41) is 10.7. The fourth-order valence-electron chi connectivity index (χ4n) is 3.16. The van der Waals surface area contributed by atoms with Gasteiger partial charge in [0.05, 0.1) is 11.1 Å². The van der Waals surface area contributed by atoms with E-state index in [1.54, 1.807) is 4.90 Å². The van der Waals surface area contributed by atoms with Gasteiger partial charge in [0.2, 0.25) is 5.91 Å². The molecule has 9 heteroatoms. The number of hydrogen-bond donors (Lipinski definition) is 2. The zero-order valence-corrected chi connectivity index (χ0v) is 14.0. The molecule has 2 aromatic rings. The Kier molecular flexibility index (Phi) is 4.99. The van der Waals surface area contributed by atoms with E-state index in [-0.39, 0.29) is 17.3 Å². The summed E-state index contributed by atoms with van der Waals surface area (Å²) < 4.78 is 0. The first kappa shape index (κ1) is 17.6. The normalized spacial score (nSPS) is 16.2. The highest BCUT2D eigenvalue weighted by Crippen LogP contribution is 2.22. The molecule has 0 saturated carbocycles. The SMILES string of the molecule is NC(=O)[C@H](c1ccccc1)N1CCN(C(=O)c2cc([N+](=O)[O-])c[nH]2)CC1. The van der Waals surface area contributed by atoms with Gasteiger partial charge >= 0.3 is 0 Å². The first-order valence-corrected chi connectivity index (χ1v) is 8.18. The van der Waals surface area contributed by atoms with Gasteiger partial charge in [-0.25, -0.2) is 0 Å². The van der Waals surface area contributed by atoms with Crippen molar-refractivity contribution in [2.75, 3.05) is 26.2 Å². The third kappa shape index (κ3) is 3.57. The summed E-state index contributed by atoms with van der Waals surface area (Å²) in [7, 11) is 0. The molecule has 1 fully saturated rings. The van der Waals surface area contributed by atoms with Crippen molar-refractivity contribution in [3.05, 3.63) is 64.0 Å². The molecule has 26 heavy (non-hydrogen) atoms. The molecule has 0 bridgehead atoms. The van der Waals surface area contributed by atoms with E-state index in [4.69, 9.17) is 5.73 Å². The van der Waals surface area contributed by atoms with Crippen LogP contribution in [0.4, 0.5) is 5.69 Å². The highest BCUT2D eigenvalue weighted by atomic mass is 16.6. The zero-order chi connectivity index (χ0) is 18.7. The summed E-state index contributed by atoms with van der Waals surface area (Å²) in [6.07, 6.45) is 1.20. The summed E-state index contributed by atoms with van der Waals surface area (Å²) in [6.45, 7) is 1.78. The Hall–Kier alpha value is -3.20. The molecule has 9 nitrogen and oxygen atoms in total. The minimum atomic E-state index is -0.553. The molecular weight excluding hydrogens is 338 g/mol. The van der Waals surface area contributed by atoms with Gasteiger partial charge in [-0.1, -0.05) is 30.3 Å². The van der Waals surface area contributed by atoms with Crippen molar-refractivity contribution in [1.29, 1.82) is 0 Å². The van der Waals surface area contributed by atoms with Gasteiger partial charge in [0, 0.05) is 32.2 Å². The predicted molar refractivity (Wildman–Crippen MR) is 93.3 cm³/mol. The van der Waals surface area contributed by atoms with Crippen LogP contribution in [0.2, 0.25) is 0 Å². The molecule has 1 saturated heterocycles. The number of rotatable bonds is 5. The lowest BCUT2D eigenvalue weighted by Crippen LogP contribution is -2.51. The largest absolute Gasteiger partial charge is 0.368 e. The minimum Gasteiger partial charge on any atom is -0.368 e. The monoisotopic (exact) mass is 357 g/mol. The second kappa shape index (κ2) is 7.36. The maximum absolute atomic E-state index is 12.5. The lowest BCUT2D eigenvalue weighted by atomic mass is 10.0. The number of amides is 2. The second-order valence-electron chi connectivity index (χ2n) is 6.07. The Morgan fingerprint density at radius 2 is 1.81 bits per heavy atom. The number of benzene rings is 1. The quantitative estimate of drug-likeness (QED) is 0.607. The molecule has 0 unspecified atom stereocenters. The number of carbonyl (C=O) groups excluding carboxylic acids is 2. The average molecular weight is 357 g/mol. The number of nitrogens with one attached hydrogen (secondary N) is 1. The fourth-order valence-corrected chi connectivity index (χ4v) is 3.16. The second-order valence-corrected chi connectivity index (χ2v) is 6.07. The molecule has 2 amide bonds. The number of nitrogens with two attached hydrogens (primary N) is 1. The van der Waals surface area contributed by atoms with Gasteiger partial charge in [-0.15, -0.1) is 0 Å². The fraction of sp³-hybridized carbons (Fsp3) is 0.294. The summed E-state index contributed by atoms with van der Waals surface area (Å²) >= 11 is 0. The standard InChI is InChI=1S/C17H19N5O4/c18-16(23)15(12-4-2-1-3-5-12)20-6-8-21(9-7-20)17(24)14-10-13(11-19-14)22(25)26/h1-5,10-11,15,19H,6-9H2,(H2,18,23)/t15-/m0/s1. The first-order valence-electron chi connectivity index (χ1n) is 8.18. The van der Waals surface area contributed by atoms with Crippen molar-refractivity contribution in [3.63, 3.8) is 0 Å². The Bertz CT molecular complexity index is 812. The van der Waals surface area contributed by atoms with Crippen LogP contribution in [-0.4, -0.2) is 57.7 Å². The number of hydrogen-bond acceptors (Lipinski definition) is 5. The number of nitro groups is 1. The molecule has 3 rings (SSSR count). The van der Waals surface area contributed by atoms with Gasteiger partial charge in [0.1, 0.15) is 11.7 Å². The number of aromatic nitrogens is 1. The number of aromatic amines is 1. The van der Waals surface area contributed by atoms with Crippen LogP contribution >= 0.6 is 0 Å². The smallest absolute Gasteiger partial charge is 0.287 e. The molecule has 1 aromatic heterocycles. The molecule has 1 aliphatic heterocycles. The van der Waals surface area contributed by atoms with Crippen LogP contribution in [-0.2, 0) is 4.79 Å². The van der Waals surface area contributed by atoms with Crippen LogP contribution in [0.15, 0.2) is 42.6 Å². The number of H-pyrrole nitrogens is 1. The molecule has 1 aromatic carbocycles. The number of primary amides is 1. The van der Waals surface area contributed by atoms with Crippen LogP contribution in [0.5, 0.6) is 0 Å². The summed E-state index contributed by atoms with van der Waals surface area (Å²) in [4.78, 5) is 40.8. The van der Waals surface area contributed by atoms with Gasteiger partial charge in [-0.05, 0) is 5.56 Å². The molecule has 136 valence electrons. The van der Waals surface area contributed by atoms with Crippen molar-refractivity contribution in [3.8, 4) is 0 Å². The number of nitrogens with zero attached hydrogens (tertiary/aromatic N) is 3. The highest BCUT2D eigenvalue weighted by molar-refractivity contribution is 5.93. The maximum atomic E-state index is 12.5. The highest BCUT2D eigenvalue weighted by Gasteiger charge is 2.31. The van der Waals surface area contributed by atoms with E-state index in [0.29, 0.717) is 26.2 Å². The molecule has 0 radical (unpaired) electrons. The number of carbonyl (C=O) groups is 2. The Labute approximate surface area is 149 Å². The molecule has 3 N–H and O–H groups in total. The molecule has 2 heterocycles. The number of piperazine rings is 1. The van der Waals surface area contributed by atoms with Gasteiger partial charge in [0.15, 0.2) is 0 Å². The Balaban J connectivity index is 1.67. The Morgan fingerprint density at radius 1 is 1.15 bits per heavy atom. The van der Waals surface area contributed by atoms with E-state index in [2.05, 4.69) is 4.98 Å². The van der Waals surface area contributed by atoms with Gasteiger partial charge in [-0.2, -0.15) is 0 Å². The minimum absolute atomic E-state index is 0.148. The molecule has 0 aliphatic carbocycles. The van der Waals surface area contributed by atoms with Gasteiger partial charge < -0.3 is 15.6 Å². The summed E-state index contributed by atoms with van der Waals surface area (Å²) in [5.41, 5.74) is 6.44. The van der Waals surface area contributed by atoms with E-state index in [9.17, 15) is 19.7 Å². The zero-order valence-electron chi connectivity index (χ0n) is 14.0. The molecule has 1 aliphatic rings. The van der Waals surface area contributed by atoms with E-state index >= 15 is 0 Å². The van der Waals surface area contributed by atoms with Gasteiger partial charge in [0.25, 0.3) is 11.6 Å². The van der Waals surface area contributed by atoms with Crippen LogP contribution in [0, 0.1) is 10.1 Å².